The summed E-state index contributed by atoms with van der Waals surface area (Å²) in [6, 6.07) is 0. The summed E-state index contributed by atoms with van der Waals surface area (Å²) in [6.45, 7) is 2.85. The molecule has 1 saturated carbocycles. The predicted octanol–water partition coefficient (Wildman–Crippen LogP) is 0.719. The molecular formula is C9H15N3. The zero-order valence-corrected chi connectivity index (χ0v) is 7.67. The summed E-state index contributed by atoms with van der Waals surface area (Å²) < 4.78 is 1.88. The number of aromatic nitrogens is 2. The van der Waals surface area contributed by atoms with E-state index >= 15 is 0 Å². The molecule has 1 fully saturated rings. The highest BCUT2D eigenvalue weighted by Crippen LogP contribution is 2.47. The molecule has 66 valence electrons. The summed E-state index contributed by atoms with van der Waals surface area (Å²) in [5.74, 6) is 0. The number of nitrogens with two attached hydrogens (primary N) is 1. The first kappa shape index (κ1) is 7.80. The molecule has 1 aliphatic carbocycles. The molecule has 0 bridgehead atoms. The van der Waals surface area contributed by atoms with Crippen LogP contribution in [-0.2, 0) is 12.5 Å². The number of aryl methyl sites for hydroxylation is 2. The second-order valence-corrected chi connectivity index (χ2v) is 3.82. The highest BCUT2D eigenvalue weighted by Gasteiger charge is 2.45. The maximum Gasteiger partial charge on any atom is 0.0727 e. The molecule has 2 N–H and O–H groups in total. The van der Waals surface area contributed by atoms with Crippen molar-refractivity contribution in [3.05, 3.63) is 17.5 Å². The van der Waals surface area contributed by atoms with Crippen LogP contribution in [0.5, 0.6) is 0 Å². The minimum atomic E-state index is 0.241. The average molecular weight is 165 g/mol. The first-order valence-corrected chi connectivity index (χ1v) is 4.39. The molecule has 1 aliphatic rings. The third-order valence-corrected chi connectivity index (χ3v) is 2.76. The molecule has 3 heteroatoms. The molecule has 0 unspecified atom stereocenters. The van der Waals surface area contributed by atoms with Crippen LogP contribution in [0.4, 0.5) is 0 Å². The summed E-state index contributed by atoms with van der Waals surface area (Å²) in [7, 11) is 1.96. The molecule has 1 heterocycles. The molecule has 2 rings (SSSR count). The number of rotatable bonds is 2. The standard InChI is InChI=1S/C9H15N3/c1-7-5-12(2)11-8(7)9(6-10)3-4-9/h5H,3-4,6,10H2,1-2H3. The van der Waals surface area contributed by atoms with Gasteiger partial charge < -0.3 is 5.73 Å². The van der Waals surface area contributed by atoms with Gasteiger partial charge in [-0.05, 0) is 25.3 Å². The number of nitrogens with zero attached hydrogens (tertiary/aromatic N) is 2. The summed E-state index contributed by atoms with van der Waals surface area (Å²) in [5, 5.41) is 4.45. The fourth-order valence-corrected chi connectivity index (χ4v) is 1.82. The van der Waals surface area contributed by atoms with Crippen molar-refractivity contribution in [2.45, 2.75) is 25.2 Å². The van der Waals surface area contributed by atoms with Crippen LogP contribution >= 0.6 is 0 Å². The predicted molar refractivity (Wildman–Crippen MR) is 47.9 cm³/mol. The maximum atomic E-state index is 5.73. The third kappa shape index (κ3) is 0.966. The van der Waals surface area contributed by atoms with Gasteiger partial charge in [0.1, 0.15) is 0 Å². The Bertz CT molecular complexity index is 297. The van der Waals surface area contributed by atoms with Crippen LogP contribution in [0.2, 0.25) is 0 Å². The third-order valence-electron chi connectivity index (χ3n) is 2.76. The molecule has 0 aromatic carbocycles. The first-order valence-electron chi connectivity index (χ1n) is 4.39. The Hall–Kier alpha value is -0.830. The van der Waals surface area contributed by atoms with Gasteiger partial charge in [-0.15, -0.1) is 0 Å². The Kier molecular flexibility index (Phi) is 1.51. The van der Waals surface area contributed by atoms with Crippen molar-refractivity contribution in [1.82, 2.24) is 9.78 Å². The zero-order chi connectivity index (χ0) is 8.77. The Morgan fingerprint density at radius 2 is 2.33 bits per heavy atom. The van der Waals surface area contributed by atoms with Crippen molar-refractivity contribution in [3.63, 3.8) is 0 Å². The highest BCUT2D eigenvalue weighted by atomic mass is 15.3. The lowest BCUT2D eigenvalue weighted by Gasteiger charge is -2.09. The molecule has 0 aliphatic heterocycles. The SMILES string of the molecule is Cc1cn(C)nc1C1(CN)CC1. The molecule has 0 spiro atoms. The van der Waals surface area contributed by atoms with E-state index in [-0.39, 0.29) is 5.41 Å². The first-order chi connectivity index (χ1) is 5.68. The normalized spacial score (nSPS) is 19.6. The molecule has 0 radical (unpaired) electrons. The second-order valence-electron chi connectivity index (χ2n) is 3.82. The van der Waals surface area contributed by atoms with Crippen LogP contribution in [0.15, 0.2) is 6.20 Å². The van der Waals surface area contributed by atoms with Gasteiger partial charge in [0.2, 0.25) is 0 Å². The van der Waals surface area contributed by atoms with E-state index in [4.69, 9.17) is 5.73 Å². The van der Waals surface area contributed by atoms with Crippen molar-refractivity contribution in [1.29, 1.82) is 0 Å². The van der Waals surface area contributed by atoms with Gasteiger partial charge in [0, 0.05) is 25.2 Å². The van der Waals surface area contributed by atoms with Crippen LogP contribution in [0, 0.1) is 6.92 Å². The van der Waals surface area contributed by atoms with E-state index in [2.05, 4.69) is 18.2 Å². The van der Waals surface area contributed by atoms with Gasteiger partial charge >= 0.3 is 0 Å². The lowest BCUT2D eigenvalue weighted by atomic mass is 10.0. The number of hydrogen-bond donors (Lipinski definition) is 1. The van der Waals surface area contributed by atoms with E-state index in [0.717, 1.165) is 6.54 Å². The molecule has 3 nitrogen and oxygen atoms in total. The maximum absolute atomic E-state index is 5.73. The van der Waals surface area contributed by atoms with Gasteiger partial charge in [0.05, 0.1) is 5.69 Å². The Labute approximate surface area is 72.6 Å². The monoisotopic (exact) mass is 165 g/mol. The van der Waals surface area contributed by atoms with Crippen LogP contribution in [0.25, 0.3) is 0 Å². The molecule has 1 aromatic heterocycles. The molecule has 0 saturated heterocycles. The Balaban J connectivity index is 2.39. The van der Waals surface area contributed by atoms with Crippen LogP contribution < -0.4 is 5.73 Å². The molecule has 12 heavy (non-hydrogen) atoms. The quantitative estimate of drug-likeness (QED) is 0.701. The highest BCUT2D eigenvalue weighted by molar-refractivity contribution is 5.31. The van der Waals surface area contributed by atoms with E-state index in [1.54, 1.807) is 0 Å². The van der Waals surface area contributed by atoms with E-state index in [1.807, 2.05) is 11.7 Å². The van der Waals surface area contributed by atoms with Crippen LogP contribution in [0.3, 0.4) is 0 Å². The van der Waals surface area contributed by atoms with Crippen LogP contribution in [0.1, 0.15) is 24.1 Å². The largest absolute Gasteiger partial charge is 0.330 e. The fourth-order valence-electron chi connectivity index (χ4n) is 1.82. The molecule has 0 atom stereocenters. The van der Waals surface area contributed by atoms with E-state index in [0.29, 0.717) is 0 Å². The summed E-state index contributed by atoms with van der Waals surface area (Å²) >= 11 is 0. The Morgan fingerprint density at radius 1 is 1.67 bits per heavy atom. The van der Waals surface area contributed by atoms with E-state index in [9.17, 15) is 0 Å². The number of hydrogen-bond acceptors (Lipinski definition) is 2. The lowest BCUT2D eigenvalue weighted by Crippen LogP contribution is -2.21. The van der Waals surface area contributed by atoms with E-state index in [1.165, 1.54) is 24.1 Å². The van der Waals surface area contributed by atoms with Crippen molar-refractivity contribution in [2.75, 3.05) is 6.54 Å². The lowest BCUT2D eigenvalue weighted by molar-refractivity contribution is 0.641. The fraction of sp³-hybridized carbons (Fsp3) is 0.667. The summed E-state index contributed by atoms with van der Waals surface area (Å²) in [4.78, 5) is 0. The van der Waals surface area contributed by atoms with Gasteiger partial charge in [-0.3, -0.25) is 4.68 Å². The zero-order valence-electron chi connectivity index (χ0n) is 7.67. The van der Waals surface area contributed by atoms with Gasteiger partial charge in [0.25, 0.3) is 0 Å². The van der Waals surface area contributed by atoms with E-state index < -0.39 is 0 Å². The minimum Gasteiger partial charge on any atom is -0.330 e. The van der Waals surface area contributed by atoms with Crippen molar-refractivity contribution in [3.8, 4) is 0 Å². The van der Waals surface area contributed by atoms with Crippen molar-refractivity contribution >= 4 is 0 Å². The Morgan fingerprint density at radius 3 is 2.67 bits per heavy atom. The summed E-state index contributed by atoms with van der Waals surface area (Å²) in [6.07, 6.45) is 4.48. The topological polar surface area (TPSA) is 43.8 Å². The van der Waals surface area contributed by atoms with Gasteiger partial charge in [-0.25, -0.2) is 0 Å². The molecular weight excluding hydrogens is 150 g/mol. The van der Waals surface area contributed by atoms with Crippen molar-refractivity contribution < 1.29 is 0 Å². The smallest absolute Gasteiger partial charge is 0.0727 e. The van der Waals surface area contributed by atoms with Gasteiger partial charge in [-0.2, -0.15) is 5.10 Å². The van der Waals surface area contributed by atoms with Crippen LogP contribution in [-0.4, -0.2) is 16.3 Å². The summed E-state index contributed by atoms with van der Waals surface area (Å²) in [5.41, 5.74) is 8.46. The molecule has 0 amide bonds. The van der Waals surface area contributed by atoms with Crippen molar-refractivity contribution in [2.24, 2.45) is 12.8 Å². The average Bonchev–Trinajstić information content (AvgIpc) is 2.74. The second kappa shape index (κ2) is 2.33. The minimum absolute atomic E-state index is 0.241. The van der Waals surface area contributed by atoms with Gasteiger partial charge in [-0.1, -0.05) is 0 Å². The molecule has 1 aromatic rings. The van der Waals surface area contributed by atoms with Gasteiger partial charge in [0.15, 0.2) is 0 Å².